The minimum Gasteiger partial charge on any atom is -0.512 e. The number of benzene rings is 12. The molecule has 0 aliphatic heterocycles. The van der Waals surface area contributed by atoms with E-state index in [-0.39, 0.29) is 195 Å². The van der Waals surface area contributed by atoms with Crippen molar-refractivity contribution in [3.8, 4) is 67.5 Å². The van der Waals surface area contributed by atoms with Gasteiger partial charge in [0.15, 0.2) is 17.3 Å². The van der Waals surface area contributed by atoms with E-state index >= 15 is 0 Å². The number of halogens is 7. The maximum Gasteiger partial charge on any atom is 0.164 e. The van der Waals surface area contributed by atoms with Crippen LogP contribution in [0.25, 0.3) is 132 Å². The number of pyridine rings is 6. The molecule has 6 aromatic heterocycles. The zero-order valence-electron chi connectivity index (χ0n) is 79.1. The summed E-state index contributed by atoms with van der Waals surface area (Å²) in [5.41, 5.74) is 12.0. The summed E-state index contributed by atoms with van der Waals surface area (Å²) in [6.45, 7) is 25.4. The van der Waals surface area contributed by atoms with Gasteiger partial charge in [0.2, 0.25) is 0 Å². The van der Waals surface area contributed by atoms with Gasteiger partial charge in [0.25, 0.3) is 0 Å². The Balaban J connectivity index is 0.000000334. The molecule has 3 N–H and O–H groups in total. The minimum absolute atomic E-state index is 0. The van der Waals surface area contributed by atoms with Gasteiger partial charge in [-0.2, -0.15) is 0 Å². The van der Waals surface area contributed by atoms with Gasteiger partial charge in [0, 0.05) is 209 Å². The van der Waals surface area contributed by atoms with Crippen molar-refractivity contribution in [1.29, 1.82) is 0 Å². The average Bonchev–Trinajstić information content (AvgIpc) is 0.786. The first-order chi connectivity index (χ1) is 64.2. The number of aromatic nitrogens is 6. The quantitative estimate of drug-likeness (QED) is 0.0538. The van der Waals surface area contributed by atoms with Gasteiger partial charge in [0.1, 0.15) is 11.6 Å². The van der Waals surface area contributed by atoms with Crippen LogP contribution in [-0.2, 0) is 140 Å². The third kappa shape index (κ3) is 37.8. The third-order valence-corrected chi connectivity index (χ3v) is 19.9. The molecule has 0 amide bonds. The van der Waals surface area contributed by atoms with Crippen LogP contribution in [0.1, 0.15) is 101 Å². The largest absolute Gasteiger partial charge is 0.512 e. The molecule has 141 heavy (non-hydrogen) atoms. The molecule has 0 fully saturated rings. The van der Waals surface area contributed by atoms with Crippen LogP contribution in [0.2, 0.25) is 0 Å². The smallest absolute Gasteiger partial charge is 0.164 e. The number of aliphatic hydroxyl groups is 3. The number of aliphatic hydroxyl groups excluding tert-OH is 3. The third-order valence-electron chi connectivity index (χ3n) is 19.9. The molecule has 0 atom stereocenters. The molecule has 18 aromatic rings. The molecule has 0 spiro atoms. The number of hydrogen-bond acceptors (Lipinski definition) is 12. The zero-order valence-corrected chi connectivity index (χ0v) is 93.4. The van der Waals surface area contributed by atoms with Gasteiger partial charge in [0.05, 0.1) is 22.6 Å². The minimum atomic E-state index is -0.746. The van der Waals surface area contributed by atoms with Crippen molar-refractivity contribution < 1.29 is 181 Å². The summed E-state index contributed by atoms with van der Waals surface area (Å²) in [5.74, 6) is -3.71. The molecule has 0 saturated carbocycles. The summed E-state index contributed by atoms with van der Waals surface area (Å²) in [6, 6.07) is 102. The van der Waals surface area contributed by atoms with Gasteiger partial charge >= 0.3 is 0 Å². The first kappa shape index (κ1) is 121. The van der Waals surface area contributed by atoms with Gasteiger partial charge in [-0.1, -0.05) is 237 Å². The molecule has 0 bridgehead atoms. The molecule has 0 aliphatic rings. The molecule has 0 unspecified atom stereocenters. The van der Waals surface area contributed by atoms with E-state index in [1.807, 2.05) is 200 Å². The predicted molar refractivity (Wildman–Crippen MR) is 528 cm³/mol. The Morgan fingerprint density at radius 3 is 1.09 bits per heavy atom. The molecule has 25 heteroatoms. The van der Waals surface area contributed by atoms with Crippen LogP contribution in [0.3, 0.4) is 0 Å². The number of hydrogen-bond donors (Lipinski definition) is 3. The fraction of sp³-hybridized carbons (Fsp3) is 0.147. The van der Waals surface area contributed by atoms with Gasteiger partial charge in [-0.15, -0.1) is 155 Å². The maximum atomic E-state index is 13.8. The number of aryl methyl sites for hydroxylation is 1. The van der Waals surface area contributed by atoms with Crippen LogP contribution in [-0.4, -0.2) is 62.6 Å². The predicted octanol–water partition coefficient (Wildman–Crippen LogP) is 29.9. The fourth-order valence-electron chi connectivity index (χ4n) is 12.9. The Morgan fingerprint density at radius 1 is 0.326 bits per heavy atom. The maximum absolute atomic E-state index is 13.8. The Kier molecular flexibility index (Phi) is 49.9. The molecule has 12 aromatic carbocycles. The Hall–Kier alpha value is -11.9. The fourth-order valence-corrected chi connectivity index (χ4v) is 12.9. The molecular weight excluding hydrogens is 2860 g/mol. The van der Waals surface area contributed by atoms with E-state index in [0.717, 1.165) is 107 Å². The van der Waals surface area contributed by atoms with Crippen molar-refractivity contribution in [1.82, 2.24) is 29.9 Å². The Morgan fingerprint density at radius 2 is 0.709 bits per heavy atom. The number of ketones is 3. The molecular formula is C116H99F7Ir6N6O6-6. The van der Waals surface area contributed by atoms with Crippen molar-refractivity contribution in [2.24, 2.45) is 10.8 Å². The molecule has 738 valence electrons. The van der Waals surface area contributed by atoms with Crippen LogP contribution in [0, 0.1) is 94.9 Å². The molecule has 0 aliphatic carbocycles. The first-order valence-corrected chi connectivity index (χ1v) is 42.8. The van der Waals surface area contributed by atoms with Crippen LogP contribution in [0.15, 0.2) is 345 Å². The Bertz CT molecular complexity index is 6980. The number of nitrogens with zero attached hydrogens (tertiary/aromatic N) is 6. The van der Waals surface area contributed by atoms with Crippen molar-refractivity contribution in [2.75, 3.05) is 0 Å². The van der Waals surface area contributed by atoms with Gasteiger partial charge in [-0.3, -0.25) is 50.7 Å². The molecule has 12 nitrogen and oxygen atoms in total. The average molecular weight is 2960 g/mol. The number of para-hydroxylation sites is 2. The van der Waals surface area contributed by atoms with E-state index in [1.165, 1.54) is 122 Å². The standard InChI is InChI=1S/C19H18N.C16H10F2N.C15H7F3N.2C15H9FN.C15H10N.C11H20O2.2C5H8O2.6Ir/c1-19(2,3)17-10-8-14(9-11-17)18-12-15-6-4-5-7-16(15)13-20-18;1-10-2-4-13-11(8-10)6-7-19-16(13)14-5-3-12(17)9-15(14)18;16-10-1-3-12-9(7-10)5-6-19-15(12)13-4-2-11(17)8-14(13)18;2*16-13-8-5-12(6-9-13)15-10-7-11-3-1-2-4-14(11)17-15;1-2-6-12(7-3-1)15-10-13-8-4-5-9-14(13)11-16-15;1-10(2,3)8(12)7-9(13)11(4,5)6;2*1-4(6)3-5(2)7;;;;;;/h4-8,10-13H,1-3H3;2-4,6-9H,1H3;1-3,5-8H;2*1-5,7-10H;1-6,8-11H;7,12H,1-6H3;2*3,6H,1-2H3;;;;;;/q6*-1;;;;;;;;;. The Labute approximate surface area is 899 Å². The number of carbonyl (C=O) groups excluding carboxylic acids is 3. The van der Waals surface area contributed by atoms with E-state index in [9.17, 15) is 50.2 Å². The first-order valence-electron chi connectivity index (χ1n) is 42.8. The van der Waals surface area contributed by atoms with Crippen LogP contribution in [0.5, 0.6) is 0 Å². The zero-order chi connectivity index (χ0) is 97.7. The second kappa shape index (κ2) is 57.9. The van der Waals surface area contributed by atoms with Crippen molar-refractivity contribution in [2.45, 2.75) is 102 Å². The van der Waals surface area contributed by atoms with Crippen LogP contribution in [0.4, 0.5) is 30.7 Å². The van der Waals surface area contributed by atoms with Crippen molar-refractivity contribution >= 4 is 82.2 Å². The molecule has 0 saturated heterocycles. The normalized spacial score (nSPS) is 10.8. The molecule has 6 heterocycles. The molecule has 18 rings (SSSR count). The summed E-state index contributed by atoms with van der Waals surface area (Å²) in [7, 11) is 0. The summed E-state index contributed by atoms with van der Waals surface area (Å²) in [5, 5.41) is 36.2. The van der Waals surface area contributed by atoms with Gasteiger partial charge in [-0.25, -0.2) is 4.39 Å². The number of fused-ring (bicyclic) bond motifs is 6. The van der Waals surface area contributed by atoms with E-state index in [1.54, 1.807) is 24.4 Å². The number of rotatable bonds is 9. The van der Waals surface area contributed by atoms with Gasteiger partial charge < -0.3 is 35.3 Å². The van der Waals surface area contributed by atoms with Crippen LogP contribution < -0.4 is 0 Å². The van der Waals surface area contributed by atoms with Crippen molar-refractivity contribution in [3.05, 3.63) is 434 Å². The SMILES string of the molecule is CC(=O)C=C(C)O.CC(=O)C=C(C)O.CC(C)(C)C(=O)C=C(O)C(C)(C)C.CC(C)(C)c1c[c-]c(-c2cc3ccccc3cn2)cc1.Cc1ccc2c(-c3[c-]cc(F)cc3F)nccc2c1.Fc1c[c-]c(-c2ccc3ccccc3n2)cc1.Fc1c[c-]c(-c2ccc3ccccc3n2)cc1.Fc1c[c-]c(-c2nccc3cc(F)ccc23)c(F)c1.[Ir].[Ir].[Ir].[Ir].[Ir].[Ir].[c-]1ccccc1-c1cc2ccccc2cn1. The monoisotopic (exact) mass is 2960 g/mol. The van der Waals surface area contributed by atoms with E-state index in [4.69, 9.17) is 10.2 Å². The van der Waals surface area contributed by atoms with E-state index in [2.05, 4.69) is 148 Å². The topological polar surface area (TPSA) is 189 Å². The number of allylic oxidation sites excluding steroid dienone is 6. The van der Waals surface area contributed by atoms with E-state index < -0.39 is 28.7 Å². The van der Waals surface area contributed by atoms with Crippen molar-refractivity contribution in [3.63, 3.8) is 0 Å². The van der Waals surface area contributed by atoms with Crippen LogP contribution >= 0.6 is 0 Å². The van der Waals surface area contributed by atoms with E-state index in [0.29, 0.717) is 22.2 Å². The summed E-state index contributed by atoms with van der Waals surface area (Å²) >= 11 is 0. The second-order valence-corrected chi connectivity index (χ2v) is 34.1. The second-order valence-electron chi connectivity index (χ2n) is 34.1. The number of carbonyl (C=O) groups is 3. The van der Waals surface area contributed by atoms with Gasteiger partial charge in [-0.05, 0) is 164 Å². The summed E-state index contributed by atoms with van der Waals surface area (Å²) in [6.07, 6.45) is 10.6. The molecule has 6 radical (unpaired) electrons. The summed E-state index contributed by atoms with van der Waals surface area (Å²) in [4.78, 5) is 57.8. The summed E-state index contributed by atoms with van der Waals surface area (Å²) < 4.78 is 92.2.